The van der Waals surface area contributed by atoms with E-state index in [1.54, 1.807) is 0 Å². The van der Waals surface area contributed by atoms with Gasteiger partial charge in [-0.3, -0.25) is 28.9 Å². The van der Waals surface area contributed by atoms with Crippen LogP contribution in [0, 0.1) is 46.3 Å². The molecule has 1 aliphatic heterocycles. The average molecular weight is 740 g/mol. The zero-order valence-corrected chi connectivity index (χ0v) is 32.5. The Bertz CT molecular complexity index is 1360. The normalized spacial score (nSPS) is 30.9. The van der Waals surface area contributed by atoms with Crippen LogP contribution in [-0.2, 0) is 33.4 Å². The summed E-state index contributed by atoms with van der Waals surface area (Å²) >= 11 is 0. The van der Waals surface area contributed by atoms with Crippen LogP contribution in [0.4, 0.5) is 0 Å². The van der Waals surface area contributed by atoms with E-state index in [0.717, 1.165) is 59.7 Å². The van der Waals surface area contributed by atoms with Gasteiger partial charge in [0.05, 0.1) is 19.6 Å². The van der Waals surface area contributed by atoms with E-state index in [1.807, 2.05) is 0 Å². The molecule has 0 radical (unpaired) electrons. The minimum absolute atomic E-state index is 0. The lowest BCUT2D eigenvalue weighted by atomic mass is 9.47. The molecule has 5 rings (SSSR count). The first-order chi connectivity index (χ1) is 24.8. The number of fused-ring (bicyclic) bond motifs is 5. The second kappa shape index (κ2) is 19.0. The van der Waals surface area contributed by atoms with Crippen LogP contribution in [0.5, 0.6) is 0 Å². The van der Waals surface area contributed by atoms with Gasteiger partial charge in [-0.25, -0.2) is 0 Å². The molecule has 298 valence electrons. The van der Waals surface area contributed by atoms with Crippen molar-refractivity contribution < 1.29 is 33.4 Å². The molecule has 0 aromatic rings. The summed E-state index contributed by atoms with van der Waals surface area (Å²) < 4.78 is 11.4. The number of ether oxygens (including phenoxy) is 2. The molecule has 0 aromatic carbocycles. The molecule has 4 aliphatic carbocycles. The Balaban J connectivity index is 0.00000627. The Hall–Kier alpha value is -3.01. The molecular formula is C43H69N3O7. The summed E-state index contributed by atoms with van der Waals surface area (Å²) in [7, 11) is 0. The summed E-state index contributed by atoms with van der Waals surface area (Å²) in [6.45, 7) is 13.5. The standard InChI is InChI=1S/C42H65N3O7.CH4/c1-28(2)7-6-8-29(3)33-11-12-34-32-10-9-30-27-31(17-20-41(30,4)35(32)18-21-42(33,34)5)52-40(50)16-13-36(46)43-22-25-51-26-23-44-37(47)19-24-45-38(48)14-15-39(45)49;/h9,14-15,28-29,31-35H,6-8,10-13,16-27H2,1-5H3,(H,43,46)(H,44,47);1H4/t29-,31?,32+,33-,34+,35+,41+,42-;/m1./s1. The smallest absolute Gasteiger partial charge is 0.306 e. The molecule has 53 heavy (non-hydrogen) atoms. The monoisotopic (exact) mass is 740 g/mol. The highest BCUT2D eigenvalue weighted by Gasteiger charge is 2.59. The topological polar surface area (TPSA) is 131 Å². The Morgan fingerprint density at radius 1 is 0.868 bits per heavy atom. The Labute approximate surface area is 319 Å². The number of carbonyl (C=O) groups is 5. The van der Waals surface area contributed by atoms with Crippen molar-refractivity contribution in [3.63, 3.8) is 0 Å². The minimum atomic E-state index is -0.410. The maximum Gasteiger partial charge on any atom is 0.306 e. The van der Waals surface area contributed by atoms with Crippen LogP contribution in [0.15, 0.2) is 23.8 Å². The third-order valence-corrected chi connectivity index (χ3v) is 13.7. The van der Waals surface area contributed by atoms with E-state index < -0.39 is 11.8 Å². The van der Waals surface area contributed by atoms with E-state index in [1.165, 1.54) is 69.1 Å². The van der Waals surface area contributed by atoms with Gasteiger partial charge in [0.25, 0.3) is 11.8 Å². The lowest BCUT2D eigenvalue weighted by Crippen LogP contribution is -2.51. The number of allylic oxidation sites excluding steroid dienone is 1. The second-order valence-corrected chi connectivity index (χ2v) is 17.4. The SMILES string of the molecule is C.CC(C)CCC[C@@H](C)[C@H]1CC[C@H]2[C@@H]3CC=C4CC(OC(=O)CCC(=O)NCCOCCNC(=O)CCN5C(=O)C=CC5=O)CC[C@]4(C)[C@H]3CC[C@]12C. The first-order valence-corrected chi connectivity index (χ1v) is 20.4. The minimum Gasteiger partial charge on any atom is -0.462 e. The summed E-state index contributed by atoms with van der Waals surface area (Å²) in [5.74, 6) is 3.17. The summed E-state index contributed by atoms with van der Waals surface area (Å²) in [5, 5.41) is 5.44. The van der Waals surface area contributed by atoms with Gasteiger partial charge in [0.1, 0.15) is 6.10 Å². The maximum absolute atomic E-state index is 12.8. The molecule has 10 heteroatoms. The Morgan fingerprint density at radius 2 is 1.55 bits per heavy atom. The van der Waals surface area contributed by atoms with Crippen molar-refractivity contribution in [2.45, 2.75) is 138 Å². The molecule has 4 amide bonds. The number of nitrogens with zero attached hydrogens (tertiary/aromatic N) is 1. The number of esters is 1. The van der Waals surface area contributed by atoms with E-state index in [0.29, 0.717) is 12.0 Å². The van der Waals surface area contributed by atoms with Crippen LogP contribution in [0.3, 0.4) is 0 Å². The van der Waals surface area contributed by atoms with Crippen LogP contribution in [0.1, 0.15) is 132 Å². The van der Waals surface area contributed by atoms with Gasteiger partial charge in [0, 0.05) is 51.0 Å². The largest absolute Gasteiger partial charge is 0.462 e. The highest BCUT2D eigenvalue weighted by molar-refractivity contribution is 6.13. The predicted octanol–water partition coefficient (Wildman–Crippen LogP) is 6.92. The van der Waals surface area contributed by atoms with Gasteiger partial charge >= 0.3 is 5.97 Å². The lowest BCUT2D eigenvalue weighted by Gasteiger charge is -2.58. The summed E-state index contributed by atoms with van der Waals surface area (Å²) in [4.78, 5) is 61.1. The molecule has 3 fully saturated rings. The van der Waals surface area contributed by atoms with Gasteiger partial charge in [-0.1, -0.05) is 73.0 Å². The van der Waals surface area contributed by atoms with Gasteiger partial charge in [-0.05, 0) is 91.3 Å². The summed E-state index contributed by atoms with van der Waals surface area (Å²) in [5.41, 5.74) is 2.19. The average Bonchev–Trinajstić information content (AvgIpc) is 3.63. The first kappa shape index (κ1) is 42.7. The number of hydrogen-bond acceptors (Lipinski definition) is 7. The molecule has 1 heterocycles. The molecule has 0 aromatic heterocycles. The molecule has 10 nitrogen and oxygen atoms in total. The van der Waals surface area contributed by atoms with Crippen molar-refractivity contribution in [2.75, 3.05) is 32.8 Å². The van der Waals surface area contributed by atoms with Crippen LogP contribution in [-0.4, -0.2) is 73.4 Å². The number of hydrogen-bond donors (Lipinski definition) is 2. The van der Waals surface area contributed by atoms with Crippen molar-refractivity contribution >= 4 is 29.6 Å². The molecule has 8 atom stereocenters. The lowest BCUT2D eigenvalue weighted by molar-refractivity contribution is -0.152. The number of imide groups is 1. The molecule has 2 N–H and O–H groups in total. The fraction of sp³-hybridized carbons (Fsp3) is 0.791. The molecular weight excluding hydrogens is 670 g/mol. The van der Waals surface area contributed by atoms with Gasteiger partial charge in [0.15, 0.2) is 0 Å². The van der Waals surface area contributed by atoms with Crippen molar-refractivity contribution in [3.05, 3.63) is 23.8 Å². The van der Waals surface area contributed by atoms with Crippen LogP contribution in [0.2, 0.25) is 0 Å². The highest BCUT2D eigenvalue weighted by atomic mass is 16.5. The van der Waals surface area contributed by atoms with E-state index in [4.69, 9.17) is 9.47 Å². The maximum atomic E-state index is 12.8. The molecule has 1 unspecified atom stereocenters. The predicted molar refractivity (Wildman–Crippen MR) is 206 cm³/mol. The highest BCUT2D eigenvalue weighted by Crippen LogP contribution is 2.67. The third kappa shape index (κ3) is 10.4. The van der Waals surface area contributed by atoms with Gasteiger partial charge in [-0.2, -0.15) is 0 Å². The fourth-order valence-corrected chi connectivity index (χ4v) is 10.9. The Kier molecular flexibility index (Phi) is 15.3. The van der Waals surface area contributed by atoms with Crippen molar-refractivity contribution in [3.8, 4) is 0 Å². The zero-order valence-electron chi connectivity index (χ0n) is 32.5. The van der Waals surface area contributed by atoms with Crippen molar-refractivity contribution in [1.82, 2.24) is 15.5 Å². The number of amides is 4. The number of rotatable bonds is 18. The van der Waals surface area contributed by atoms with Gasteiger partial charge in [-0.15, -0.1) is 0 Å². The fourth-order valence-electron chi connectivity index (χ4n) is 10.9. The van der Waals surface area contributed by atoms with Crippen LogP contribution in [0.25, 0.3) is 0 Å². The van der Waals surface area contributed by atoms with Gasteiger partial charge < -0.3 is 20.1 Å². The quantitative estimate of drug-likeness (QED) is 0.0676. The van der Waals surface area contributed by atoms with E-state index in [-0.39, 0.29) is 82.3 Å². The van der Waals surface area contributed by atoms with Crippen molar-refractivity contribution in [2.24, 2.45) is 46.3 Å². The number of carbonyl (C=O) groups excluding carboxylic acids is 5. The van der Waals surface area contributed by atoms with E-state index >= 15 is 0 Å². The molecule has 0 spiro atoms. The first-order valence-electron chi connectivity index (χ1n) is 20.4. The molecule has 5 aliphatic rings. The number of nitrogens with one attached hydrogen (secondary N) is 2. The zero-order chi connectivity index (χ0) is 37.5. The molecule has 0 saturated heterocycles. The molecule has 0 bridgehead atoms. The van der Waals surface area contributed by atoms with Crippen molar-refractivity contribution in [1.29, 1.82) is 0 Å². The Morgan fingerprint density at radius 3 is 2.23 bits per heavy atom. The molecule has 3 saturated carbocycles. The summed E-state index contributed by atoms with van der Waals surface area (Å²) in [6.07, 6.45) is 18.5. The van der Waals surface area contributed by atoms with Gasteiger partial charge in [0.2, 0.25) is 11.8 Å². The van der Waals surface area contributed by atoms with Crippen LogP contribution < -0.4 is 10.6 Å². The van der Waals surface area contributed by atoms with Crippen LogP contribution >= 0.6 is 0 Å². The van der Waals surface area contributed by atoms with E-state index in [9.17, 15) is 24.0 Å². The van der Waals surface area contributed by atoms with E-state index in [2.05, 4.69) is 51.3 Å². The second-order valence-electron chi connectivity index (χ2n) is 17.4. The third-order valence-electron chi connectivity index (χ3n) is 13.7. The summed E-state index contributed by atoms with van der Waals surface area (Å²) in [6, 6.07) is 0.